The van der Waals surface area contributed by atoms with Crippen molar-refractivity contribution >= 4 is 0 Å². The lowest BCUT2D eigenvalue weighted by molar-refractivity contribution is -0.0857. The van der Waals surface area contributed by atoms with Crippen LogP contribution in [0.3, 0.4) is 0 Å². The van der Waals surface area contributed by atoms with Crippen molar-refractivity contribution in [1.29, 1.82) is 0 Å². The molecule has 2 fully saturated rings. The molecule has 14 heavy (non-hydrogen) atoms. The number of nitrogens with zero attached hydrogens (tertiary/aromatic N) is 1. The highest BCUT2D eigenvalue weighted by Gasteiger charge is 2.28. The Bertz CT molecular complexity index is 142. The molecule has 1 nitrogen and oxygen atoms in total. The first-order valence-corrected chi connectivity index (χ1v) is 6.32. The summed E-state index contributed by atoms with van der Waals surface area (Å²) in [5, 5.41) is 1.22. The average molecular weight is 199 g/mol. The zero-order chi connectivity index (χ0) is 9.80. The Hall–Kier alpha value is -0.110. The fourth-order valence-corrected chi connectivity index (χ4v) is 2.95. The molecule has 0 amide bonds. The standard InChI is InChI=1S/C12H22FN/c13-14(11-7-3-1-4-8-11)12-9-5-2-6-10-12/h11-12H,1-10H2. The molecule has 0 aromatic heterocycles. The van der Waals surface area contributed by atoms with Gasteiger partial charge in [0.05, 0.1) is 0 Å². The Labute approximate surface area is 86.6 Å². The molecule has 0 spiro atoms. The minimum Gasteiger partial charge on any atom is -0.140 e. The average Bonchev–Trinajstić information content (AvgIpc) is 2.30. The summed E-state index contributed by atoms with van der Waals surface area (Å²) in [5.74, 6) is 0. The van der Waals surface area contributed by atoms with Crippen LogP contribution < -0.4 is 0 Å². The van der Waals surface area contributed by atoms with E-state index in [0.717, 1.165) is 25.7 Å². The number of hydrogen-bond donors (Lipinski definition) is 0. The van der Waals surface area contributed by atoms with Gasteiger partial charge in [-0.25, -0.2) is 0 Å². The SMILES string of the molecule is FN(C1CCCCC1)C1CCCCC1. The second-order valence-electron chi connectivity index (χ2n) is 4.93. The van der Waals surface area contributed by atoms with Gasteiger partial charge < -0.3 is 0 Å². The van der Waals surface area contributed by atoms with Crippen LogP contribution in [0, 0.1) is 0 Å². The maximum Gasteiger partial charge on any atom is 0.0405 e. The highest BCUT2D eigenvalue weighted by molar-refractivity contribution is 4.78. The molecule has 0 heterocycles. The predicted molar refractivity (Wildman–Crippen MR) is 56.7 cm³/mol. The van der Waals surface area contributed by atoms with E-state index in [9.17, 15) is 4.48 Å². The van der Waals surface area contributed by atoms with Crippen molar-refractivity contribution in [3.05, 3.63) is 0 Å². The summed E-state index contributed by atoms with van der Waals surface area (Å²) < 4.78 is 14.0. The van der Waals surface area contributed by atoms with Gasteiger partial charge in [-0.15, -0.1) is 9.60 Å². The molecule has 82 valence electrons. The first-order valence-electron chi connectivity index (χ1n) is 6.32. The molecule has 0 aliphatic heterocycles. The highest BCUT2D eigenvalue weighted by atomic mass is 19.2. The molecule has 2 rings (SSSR count). The molecule has 2 aliphatic carbocycles. The van der Waals surface area contributed by atoms with Crippen LogP contribution in [0.4, 0.5) is 4.48 Å². The van der Waals surface area contributed by atoms with Gasteiger partial charge in [0.25, 0.3) is 0 Å². The van der Waals surface area contributed by atoms with Gasteiger partial charge >= 0.3 is 0 Å². The maximum atomic E-state index is 14.0. The molecule has 2 saturated carbocycles. The van der Waals surface area contributed by atoms with E-state index in [4.69, 9.17) is 0 Å². The van der Waals surface area contributed by atoms with Crippen LogP contribution in [0.2, 0.25) is 0 Å². The van der Waals surface area contributed by atoms with Crippen molar-refractivity contribution in [2.24, 2.45) is 0 Å². The number of hydrogen-bond acceptors (Lipinski definition) is 1. The van der Waals surface area contributed by atoms with Gasteiger partial charge in [-0.3, -0.25) is 0 Å². The Kier molecular flexibility index (Phi) is 3.80. The Morgan fingerprint density at radius 3 is 1.36 bits per heavy atom. The monoisotopic (exact) mass is 199 g/mol. The summed E-state index contributed by atoms with van der Waals surface area (Å²) in [4.78, 5) is 0. The summed E-state index contributed by atoms with van der Waals surface area (Å²) in [6.45, 7) is 0. The van der Waals surface area contributed by atoms with Gasteiger partial charge in [-0.2, -0.15) is 0 Å². The van der Waals surface area contributed by atoms with E-state index in [1.54, 1.807) is 0 Å². The van der Waals surface area contributed by atoms with Crippen molar-refractivity contribution in [2.75, 3.05) is 0 Å². The third kappa shape index (κ3) is 2.47. The van der Waals surface area contributed by atoms with Crippen molar-refractivity contribution < 1.29 is 4.48 Å². The van der Waals surface area contributed by atoms with Gasteiger partial charge in [0.2, 0.25) is 0 Å². The van der Waals surface area contributed by atoms with Crippen LogP contribution in [0.25, 0.3) is 0 Å². The largest absolute Gasteiger partial charge is 0.140 e. The lowest BCUT2D eigenvalue weighted by atomic mass is 9.90. The summed E-state index contributed by atoms with van der Waals surface area (Å²) in [7, 11) is 0. The molecule has 0 atom stereocenters. The molecular formula is C12H22FN. The first kappa shape index (κ1) is 10.4. The Balaban J connectivity index is 1.82. The van der Waals surface area contributed by atoms with E-state index in [1.807, 2.05) is 0 Å². The number of halogens is 1. The van der Waals surface area contributed by atoms with Crippen LogP contribution in [-0.2, 0) is 0 Å². The molecule has 0 saturated heterocycles. The molecule has 2 aliphatic rings. The van der Waals surface area contributed by atoms with E-state index in [-0.39, 0.29) is 12.1 Å². The number of rotatable bonds is 2. The summed E-state index contributed by atoms with van der Waals surface area (Å²) in [6, 6.07) is 0.513. The maximum absolute atomic E-state index is 14.0. The van der Waals surface area contributed by atoms with Crippen LogP contribution >= 0.6 is 0 Å². The van der Waals surface area contributed by atoms with E-state index in [2.05, 4.69) is 0 Å². The van der Waals surface area contributed by atoms with Crippen molar-refractivity contribution in [1.82, 2.24) is 5.12 Å². The molecule has 0 unspecified atom stereocenters. The third-order valence-electron chi connectivity index (χ3n) is 3.85. The van der Waals surface area contributed by atoms with Gasteiger partial charge in [0.1, 0.15) is 0 Å². The normalized spacial score (nSPS) is 27.0. The summed E-state index contributed by atoms with van der Waals surface area (Å²) in [5.41, 5.74) is 0. The molecule has 2 heteroatoms. The summed E-state index contributed by atoms with van der Waals surface area (Å²) >= 11 is 0. The lowest BCUT2D eigenvalue weighted by Gasteiger charge is -2.34. The van der Waals surface area contributed by atoms with Gasteiger partial charge in [-0.1, -0.05) is 38.5 Å². The molecule has 0 bridgehead atoms. The van der Waals surface area contributed by atoms with E-state index in [1.165, 1.54) is 43.6 Å². The second kappa shape index (κ2) is 5.11. The van der Waals surface area contributed by atoms with Gasteiger partial charge in [0.15, 0.2) is 0 Å². The van der Waals surface area contributed by atoms with Crippen LogP contribution in [0.5, 0.6) is 0 Å². The Morgan fingerprint density at radius 2 is 1.00 bits per heavy atom. The summed E-state index contributed by atoms with van der Waals surface area (Å²) in [6.07, 6.45) is 11.9. The fraction of sp³-hybridized carbons (Fsp3) is 1.00. The van der Waals surface area contributed by atoms with E-state index < -0.39 is 0 Å². The minimum atomic E-state index is 0.256. The molecule has 0 radical (unpaired) electrons. The smallest absolute Gasteiger partial charge is 0.0405 e. The van der Waals surface area contributed by atoms with Gasteiger partial charge in [-0.05, 0) is 25.7 Å². The van der Waals surface area contributed by atoms with E-state index >= 15 is 0 Å². The van der Waals surface area contributed by atoms with Crippen molar-refractivity contribution in [2.45, 2.75) is 76.3 Å². The van der Waals surface area contributed by atoms with Gasteiger partial charge in [0, 0.05) is 12.1 Å². The molecule has 0 N–H and O–H groups in total. The fourth-order valence-electron chi connectivity index (χ4n) is 2.95. The minimum absolute atomic E-state index is 0.256. The van der Waals surface area contributed by atoms with Crippen LogP contribution in [0.1, 0.15) is 64.2 Å². The first-order chi connectivity index (χ1) is 6.88. The topological polar surface area (TPSA) is 3.24 Å². The predicted octanol–water partition coefficient (Wildman–Crippen LogP) is 3.84. The van der Waals surface area contributed by atoms with Crippen molar-refractivity contribution in [3.8, 4) is 0 Å². The molecule has 0 aromatic carbocycles. The lowest BCUT2D eigenvalue weighted by Crippen LogP contribution is -2.39. The Morgan fingerprint density at radius 1 is 0.643 bits per heavy atom. The van der Waals surface area contributed by atoms with Crippen LogP contribution in [0.15, 0.2) is 0 Å². The second-order valence-corrected chi connectivity index (χ2v) is 4.93. The zero-order valence-corrected chi connectivity index (χ0v) is 9.05. The van der Waals surface area contributed by atoms with Crippen LogP contribution in [-0.4, -0.2) is 17.2 Å². The third-order valence-corrected chi connectivity index (χ3v) is 3.85. The molecule has 0 aromatic rings. The zero-order valence-electron chi connectivity index (χ0n) is 9.05. The van der Waals surface area contributed by atoms with E-state index in [0.29, 0.717) is 0 Å². The quantitative estimate of drug-likeness (QED) is 0.611. The molecular weight excluding hydrogens is 177 g/mol. The van der Waals surface area contributed by atoms with Crippen molar-refractivity contribution in [3.63, 3.8) is 0 Å². The highest BCUT2D eigenvalue weighted by Crippen LogP contribution is 2.30.